The van der Waals surface area contributed by atoms with Crippen LogP contribution < -0.4 is 10.5 Å². The van der Waals surface area contributed by atoms with Crippen LogP contribution in [0.25, 0.3) is 17.0 Å². The minimum atomic E-state index is -0.243. The Kier molecular flexibility index (Phi) is 5.64. The number of para-hydroxylation sites is 1. The summed E-state index contributed by atoms with van der Waals surface area (Å²) >= 11 is 1.33. The Morgan fingerprint density at radius 1 is 0.938 bits per heavy atom. The fourth-order valence-corrected chi connectivity index (χ4v) is 4.74. The molecule has 1 saturated heterocycles. The van der Waals surface area contributed by atoms with Crippen molar-refractivity contribution in [1.82, 2.24) is 24.5 Å². The Hall–Kier alpha value is -3.59. The minimum absolute atomic E-state index is 0.0742. The zero-order valence-corrected chi connectivity index (χ0v) is 18.2. The van der Waals surface area contributed by atoms with Gasteiger partial charge in [0.15, 0.2) is 5.16 Å². The van der Waals surface area contributed by atoms with Gasteiger partial charge in [0.2, 0.25) is 11.7 Å². The number of carbonyl (C=O) groups excluding carboxylic acids is 1. The number of benzene rings is 2. The zero-order chi connectivity index (χ0) is 21.9. The van der Waals surface area contributed by atoms with E-state index in [1.807, 2.05) is 53.4 Å². The molecule has 9 heteroatoms. The van der Waals surface area contributed by atoms with Crippen LogP contribution in [0.1, 0.15) is 0 Å². The molecule has 0 spiro atoms. The fourth-order valence-electron chi connectivity index (χ4n) is 3.89. The molecule has 0 aliphatic carbocycles. The molecule has 2 aromatic heterocycles. The molecule has 0 atom stereocenters. The lowest BCUT2D eigenvalue weighted by atomic mass is 10.1. The average molecular weight is 447 g/mol. The first-order valence-corrected chi connectivity index (χ1v) is 11.4. The minimum Gasteiger partial charge on any atom is -0.368 e. The number of hydrogen-bond donors (Lipinski definition) is 1. The van der Waals surface area contributed by atoms with Crippen LogP contribution in [0.15, 0.2) is 76.7 Å². The van der Waals surface area contributed by atoms with E-state index in [9.17, 15) is 9.59 Å². The quantitative estimate of drug-likeness (QED) is 0.474. The van der Waals surface area contributed by atoms with E-state index < -0.39 is 0 Å². The van der Waals surface area contributed by atoms with E-state index in [-0.39, 0.29) is 17.2 Å². The molecule has 1 amide bonds. The third kappa shape index (κ3) is 4.11. The van der Waals surface area contributed by atoms with Crippen molar-refractivity contribution in [2.75, 3.05) is 36.8 Å². The number of aromatic amines is 1. The smallest absolute Gasteiger partial charge is 0.252 e. The van der Waals surface area contributed by atoms with Crippen molar-refractivity contribution in [3.05, 3.63) is 77.1 Å². The standard InChI is InChI=1S/C23H22N6O2S/c30-20-15-19(17-7-3-1-4-8-17)29-22(24-20)25-26-23(29)32-16-21(31)28-13-11-27(12-14-28)18-9-5-2-6-10-18/h1-10,15H,11-14,16H2,(H,24,25,30). The van der Waals surface area contributed by atoms with E-state index in [0.29, 0.717) is 29.7 Å². The molecule has 0 saturated carbocycles. The second-order valence-corrected chi connectivity index (χ2v) is 8.46. The van der Waals surface area contributed by atoms with Gasteiger partial charge in [-0.05, 0) is 17.7 Å². The average Bonchev–Trinajstić information content (AvgIpc) is 3.26. The summed E-state index contributed by atoms with van der Waals surface area (Å²) < 4.78 is 1.79. The molecular formula is C23H22N6O2S. The lowest BCUT2D eigenvalue weighted by Gasteiger charge is -2.36. The maximum atomic E-state index is 12.9. The van der Waals surface area contributed by atoms with Gasteiger partial charge < -0.3 is 9.80 Å². The van der Waals surface area contributed by atoms with Crippen LogP contribution in [0.2, 0.25) is 0 Å². The summed E-state index contributed by atoms with van der Waals surface area (Å²) in [6.45, 7) is 3.01. The molecule has 2 aromatic carbocycles. The summed E-state index contributed by atoms with van der Waals surface area (Å²) in [6.07, 6.45) is 0. The number of rotatable bonds is 5. The monoisotopic (exact) mass is 446 g/mol. The van der Waals surface area contributed by atoms with Gasteiger partial charge in [-0.25, -0.2) is 0 Å². The molecule has 32 heavy (non-hydrogen) atoms. The highest BCUT2D eigenvalue weighted by Gasteiger charge is 2.22. The molecule has 4 aromatic rings. The molecule has 1 aliphatic heterocycles. The summed E-state index contributed by atoms with van der Waals surface area (Å²) in [5, 5.41) is 8.90. The van der Waals surface area contributed by atoms with Crippen LogP contribution >= 0.6 is 11.8 Å². The Labute approximate surface area is 188 Å². The highest BCUT2D eigenvalue weighted by atomic mass is 32.2. The van der Waals surface area contributed by atoms with E-state index in [2.05, 4.69) is 32.2 Å². The largest absolute Gasteiger partial charge is 0.368 e. The van der Waals surface area contributed by atoms with E-state index in [1.54, 1.807) is 4.40 Å². The molecule has 162 valence electrons. The number of amides is 1. The molecule has 0 radical (unpaired) electrons. The number of hydrogen-bond acceptors (Lipinski definition) is 6. The third-order valence-corrected chi connectivity index (χ3v) is 6.44. The van der Waals surface area contributed by atoms with Gasteiger partial charge in [0, 0.05) is 37.9 Å². The first-order chi connectivity index (χ1) is 15.7. The highest BCUT2D eigenvalue weighted by Crippen LogP contribution is 2.24. The number of anilines is 1. The number of aromatic nitrogens is 4. The molecule has 0 unspecified atom stereocenters. The number of thioether (sulfide) groups is 1. The molecule has 1 N–H and O–H groups in total. The van der Waals surface area contributed by atoms with Crippen LogP contribution in [0.5, 0.6) is 0 Å². The van der Waals surface area contributed by atoms with Crippen molar-refractivity contribution in [1.29, 1.82) is 0 Å². The normalized spacial score (nSPS) is 14.1. The van der Waals surface area contributed by atoms with Crippen LogP contribution in [-0.4, -0.2) is 62.3 Å². The molecular weight excluding hydrogens is 424 g/mol. The predicted molar refractivity (Wildman–Crippen MR) is 125 cm³/mol. The topological polar surface area (TPSA) is 86.6 Å². The van der Waals surface area contributed by atoms with Crippen molar-refractivity contribution in [2.24, 2.45) is 0 Å². The van der Waals surface area contributed by atoms with Gasteiger partial charge in [-0.2, -0.15) is 0 Å². The van der Waals surface area contributed by atoms with Crippen molar-refractivity contribution in [3.8, 4) is 11.3 Å². The van der Waals surface area contributed by atoms with Gasteiger partial charge >= 0.3 is 0 Å². The lowest BCUT2D eigenvalue weighted by molar-refractivity contribution is -0.128. The molecule has 8 nitrogen and oxygen atoms in total. The van der Waals surface area contributed by atoms with Gasteiger partial charge in [0.1, 0.15) is 0 Å². The Balaban J connectivity index is 1.29. The number of H-pyrrole nitrogens is 1. The second-order valence-electron chi connectivity index (χ2n) is 7.52. The first kappa shape index (κ1) is 20.3. The van der Waals surface area contributed by atoms with Gasteiger partial charge in [-0.3, -0.25) is 19.0 Å². The van der Waals surface area contributed by atoms with Crippen molar-refractivity contribution in [3.63, 3.8) is 0 Å². The SMILES string of the molecule is O=C(CSc1nnc2[nH]c(=O)cc(-c3ccccc3)n12)N1CCN(c2ccccc2)CC1. The Morgan fingerprint density at radius 3 is 2.34 bits per heavy atom. The predicted octanol–water partition coefficient (Wildman–Crippen LogP) is 2.53. The van der Waals surface area contributed by atoms with Crippen molar-refractivity contribution >= 4 is 29.1 Å². The van der Waals surface area contributed by atoms with Crippen molar-refractivity contribution < 1.29 is 4.79 Å². The molecule has 0 bridgehead atoms. The van der Waals surface area contributed by atoms with Gasteiger partial charge in [0.05, 0.1) is 11.4 Å². The summed E-state index contributed by atoms with van der Waals surface area (Å²) in [5.41, 5.74) is 2.52. The van der Waals surface area contributed by atoms with E-state index in [0.717, 1.165) is 18.7 Å². The molecule has 1 aliphatic rings. The molecule has 1 fully saturated rings. The fraction of sp³-hybridized carbons (Fsp3) is 0.217. The van der Waals surface area contributed by atoms with Crippen molar-refractivity contribution in [2.45, 2.75) is 5.16 Å². The lowest BCUT2D eigenvalue weighted by Crippen LogP contribution is -2.49. The second kappa shape index (κ2) is 8.88. The number of nitrogens with zero attached hydrogens (tertiary/aromatic N) is 5. The first-order valence-electron chi connectivity index (χ1n) is 10.4. The van der Waals surface area contributed by atoms with Crippen LogP contribution in [0.3, 0.4) is 0 Å². The van der Waals surface area contributed by atoms with E-state index in [1.165, 1.54) is 23.5 Å². The van der Waals surface area contributed by atoms with Gasteiger partial charge in [-0.1, -0.05) is 60.3 Å². The van der Waals surface area contributed by atoms with Crippen LogP contribution in [-0.2, 0) is 4.79 Å². The Morgan fingerprint density at radius 2 is 1.62 bits per heavy atom. The zero-order valence-electron chi connectivity index (χ0n) is 17.3. The summed E-state index contributed by atoms with van der Waals surface area (Å²) in [4.78, 5) is 31.8. The molecule has 5 rings (SSSR count). The number of piperazine rings is 1. The van der Waals surface area contributed by atoms with Gasteiger partial charge in [-0.15, -0.1) is 10.2 Å². The number of nitrogens with one attached hydrogen (secondary N) is 1. The summed E-state index contributed by atoms with van der Waals surface area (Å²) in [6, 6.07) is 21.4. The number of fused-ring (bicyclic) bond motifs is 1. The summed E-state index contributed by atoms with van der Waals surface area (Å²) in [7, 11) is 0. The highest BCUT2D eigenvalue weighted by molar-refractivity contribution is 7.99. The Bertz CT molecular complexity index is 1280. The van der Waals surface area contributed by atoms with Crippen LogP contribution in [0.4, 0.5) is 5.69 Å². The maximum absolute atomic E-state index is 12.9. The number of carbonyl (C=O) groups is 1. The van der Waals surface area contributed by atoms with Gasteiger partial charge in [0.25, 0.3) is 5.56 Å². The maximum Gasteiger partial charge on any atom is 0.252 e. The summed E-state index contributed by atoms with van der Waals surface area (Å²) in [5.74, 6) is 0.701. The van der Waals surface area contributed by atoms with E-state index in [4.69, 9.17) is 0 Å². The van der Waals surface area contributed by atoms with E-state index >= 15 is 0 Å². The van der Waals surface area contributed by atoms with Crippen LogP contribution in [0, 0.1) is 0 Å². The molecule has 3 heterocycles. The third-order valence-electron chi connectivity index (χ3n) is 5.53.